The number of hydrogen-bond acceptors (Lipinski definition) is 9. The van der Waals surface area contributed by atoms with Gasteiger partial charge in [0.2, 0.25) is 0 Å². The number of cyclic esters (lactones) is 1. The first-order valence-electron chi connectivity index (χ1n) is 13.6. The molecule has 5 atom stereocenters. The van der Waals surface area contributed by atoms with E-state index in [1.165, 1.54) is 14.2 Å². The molecule has 4 rings (SSSR count). The predicted molar refractivity (Wildman–Crippen MR) is 152 cm³/mol. The molecule has 41 heavy (non-hydrogen) atoms. The Hall–Kier alpha value is -3.66. The molecule has 0 aromatic heterocycles. The first-order chi connectivity index (χ1) is 19.6. The van der Waals surface area contributed by atoms with Crippen molar-refractivity contribution in [2.75, 3.05) is 21.0 Å². The smallest absolute Gasteiger partial charge is 0.342 e. The first-order valence-corrected chi connectivity index (χ1v) is 13.6. The van der Waals surface area contributed by atoms with Gasteiger partial charge in [-0.25, -0.2) is 9.59 Å². The number of benzene rings is 2. The maximum Gasteiger partial charge on any atom is 0.342 e. The van der Waals surface area contributed by atoms with Gasteiger partial charge in [-0.2, -0.15) is 0 Å². The van der Waals surface area contributed by atoms with E-state index >= 15 is 0 Å². The van der Waals surface area contributed by atoms with E-state index in [1.54, 1.807) is 55.5 Å². The Kier molecular flexibility index (Phi) is 9.86. The summed E-state index contributed by atoms with van der Waals surface area (Å²) in [6.45, 7) is 7.32. The van der Waals surface area contributed by atoms with Gasteiger partial charge in [0, 0.05) is 19.1 Å². The molecule has 0 saturated carbocycles. The molecular formula is C32H38O9. The zero-order valence-electron chi connectivity index (χ0n) is 24.3. The zero-order chi connectivity index (χ0) is 29.6. The van der Waals surface area contributed by atoms with Crippen LogP contribution in [-0.2, 0) is 23.7 Å². The van der Waals surface area contributed by atoms with Crippen LogP contribution in [0.2, 0.25) is 0 Å². The van der Waals surface area contributed by atoms with E-state index in [1.807, 2.05) is 39.0 Å². The Bertz CT molecular complexity index is 1270. The number of carbonyl (C=O) groups excluding carboxylic acids is 2. The second kappa shape index (κ2) is 13.3. The second-order valence-corrected chi connectivity index (χ2v) is 10.5. The Morgan fingerprint density at radius 2 is 1.80 bits per heavy atom. The molecule has 2 heterocycles. The van der Waals surface area contributed by atoms with Crippen molar-refractivity contribution in [3.63, 3.8) is 0 Å². The van der Waals surface area contributed by atoms with Crippen molar-refractivity contribution in [1.29, 1.82) is 0 Å². The third kappa shape index (κ3) is 7.55. The molecule has 0 spiro atoms. The van der Waals surface area contributed by atoms with Crippen LogP contribution in [0.5, 0.6) is 11.5 Å². The lowest BCUT2D eigenvalue weighted by Crippen LogP contribution is -2.37. The Labute approximate surface area is 241 Å². The minimum atomic E-state index is -0.900. The summed E-state index contributed by atoms with van der Waals surface area (Å²) < 4.78 is 40.7. The van der Waals surface area contributed by atoms with Gasteiger partial charge >= 0.3 is 11.9 Å². The van der Waals surface area contributed by atoms with Gasteiger partial charge in [0.05, 0.1) is 18.8 Å². The number of carbonyl (C=O) groups is 2. The lowest BCUT2D eigenvalue weighted by Gasteiger charge is -2.25. The van der Waals surface area contributed by atoms with Crippen molar-refractivity contribution < 1.29 is 42.7 Å². The molecule has 1 fully saturated rings. The standard InChI is InChI=1S/C32H38O9/c1-20-15-16-25(39-30(33)22-11-8-7-9-12-22)29-26(40-32(3,4)41-29)14-10-13-23-17-24(36-6)18-27(37-19-35-5)28(23)31(34)38-21(20)2/h7-13,15-18,20-21,25-26,29H,14,19H2,1-6H3/b13-10+,16-15-/t20-,21+,25?,26+,29-/m1/s1. The molecule has 0 N–H and O–H groups in total. The van der Waals surface area contributed by atoms with E-state index < -0.39 is 42.1 Å². The number of rotatable bonds is 6. The molecule has 1 unspecified atom stereocenters. The fourth-order valence-electron chi connectivity index (χ4n) is 4.73. The average Bonchev–Trinajstić information content (AvgIpc) is 3.27. The summed E-state index contributed by atoms with van der Waals surface area (Å²) >= 11 is 0. The second-order valence-electron chi connectivity index (χ2n) is 10.5. The van der Waals surface area contributed by atoms with Gasteiger partial charge in [-0.1, -0.05) is 43.4 Å². The van der Waals surface area contributed by atoms with Crippen molar-refractivity contribution in [3.8, 4) is 11.5 Å². The van der Waals surface area contributed by atoms with E-state index in [0.717, 1.165) is 0 Å². The van der Waals surface area contributed by atoms with Crippen LogP contribution in [0.1, 0.15) is 60.4 Å². The molecule has 0 aliphatic carbocycles. The third-order valence-electron chi connectivity index (χ3n) is 6.98. The molecule has 2 aromatic rings. The SMILES string of the molecule is COCOc1cc(OC)cc2c1C(=O)O[C@@H](C)[C@H](C)/C=C\C(OC(=O)c1ccccc1)[C@H]1OC(C)(C)O[C@H]1C/C=C/2. The normalized spacial score (nSPS) is 27.4. The minimum Gasteiger partial charge on any atom is -0.497 e. The maximum atomic E-state index is 13.5. The van der Waals surface area contributed by atoms with Crippen molar-refractivity contribution in [2.45, 2.75) is 64.3 Å². The van der Waals surface area contributed by atoms with E-state index in [9.17, 15) is 9.59 Å². The average molecular weight is 567 g/mol. The summed E-state index contributed by atoms with van der Waals surface area (Å²) in [6.07, 6.45) is 5.44. The van der Waals surface area contributed by atoms with Crippen LogP contribution in [0, 0.1) is 5.92 Å². The molecule has 1 saturated heterocycles. The number of ether oxygens (including phenoxy) is 7. The van der Waals surface area contributed by atoms with Gasteiger partial charge in [0.25, 0.3) is 0 Å². The molecule has 220 valence electrons. The lowest BCUT2D eigenvalue weighted by atomic mass is 9.98. The van der Waals surface area contributed by atoms with E-state index in [2.05, 4.69) is 0 Å². The Morgan fingerprint density at radius 3 is 2.51 bits per heavy atom. The molecule has 9 heteroatoms. The summed E-state index contributed by atoms with van der Waals surface area (Å²) in [4.78, 5) is 26.6. The van der Waals surface area contributed by atoms with E-state index in [0.29, 0.717) is 23.3 Å². The van der Waals surface area contributed by atoms with Gasteiger partial charge in [0.1, 0.15) is 35.4 Å². The molecule has 0 amide bonds. The quantitative estimate of drug-likeness (QED) is 0.252. The van der Waals surface area contributed by atoms with Gasteiger partial charge in [0.15, 0.2) is 12.6 Å². The van der Waals surface area contributed by atoms with Crippen molar-refractivity contribution in [1.82, 2.24) is 0 Å². The van der Waals surface area contributed by atoms with Gasteiger partial charge in [-0.05, 0) is 57.0 Å². The monoisotopic (exact) mass is 566 g/mol. The summed E-state index contributed by atoms with van der Waals surface area (Å²) in [6, 6.07) is 12.2. The van der Waals surface area contributed by atoms with Crippen molar-refractivity contribution in [3.05, 3.63) is 77.4 Å². The van der Waals surface area contributed by atoms with Crippen molar-refractivity contribution in [2.24, 2.45) is 5.92 Å². The number of hydrogen-bond donors (Lipinski definition) is 0. The number of methoxy groups -OCH3 is 2. The molecule has 0 radical (unpaired) electrons. The molecular weight excluding hydrogens is 528 g/mol. The topological polar surface area (TPSA) is 98.8 Å². The molecule has 2 aliphatic heterocycles. The summed E-state index contributed by atoms with van der Waals surface area (Å²) in [5.41, 5.74) is 1.24. The van der Waals surface area contributed by atoms with Crippen LogP contribution in [-0.4, -0.2) is 63.2 Å². The molecule has 2 aliphatic rings. The van der Waals surface area contributed by atoms with Crippen LogP contribution < -0.4 is 9.47 Å². The fraction of sp³-hybridized carbons (Fsp3) is 0.438. The van der Waals surface area contributed by atoms with Gasteiger partial charge in [-0.3, -0.25) is 0 Å². The largest absolute Gasteiger partial charge is 0.497 e. The van der Waals surface area contributed by atoms with Gasteiger partial charge < -0.3 is 33.2 Å². The Morgan fingerprint density at radius 1 is 1.05 bits per heavy atom. The molecule has 0 bridgehead atoms. The highest BCUT2D eigenvalue weighted by molar-refractivity contribution is 5.97. The highest BCUT2D eigenvalue weighted by atomic mass is 16.8. The minimum absolute atomic E-state index is 0.0571. The van der Waals surface area contributed by atoms with Crippen LogP contribution in [0.3, 0.4) is 0 Å². The highest BCUT2D eigenvalue weighted by Gasteiger charge is 2.45. The fourth-order valence-corrected chi connectivity index (χ4v) is 4.73. The predicted octanol–water partition coefficient (Wildman–Crippen LogP) is 5.58. The Balaban J connectivity index is 1.74. The van der Waals surface area contributed by atoms with Gasteiger partial charge in [-0.15, -0.1) is 0 Å². The summed E-state index contributed by atoms with van der Waals surface area (Å²) in [5.74, 6) is -1.36. The third-order valence-corrected chi connectivity index (χ3v) is 6.98. The van der Waals surface area contributed by atoms with Crippen LogP contribution in [0.4, 0.5) is 0 Å². The van der Waals surface area contributed by atoms with Crippen molar-refractivity contribution >= 4 is 18.0 Å². The van der Waals surface area contributed by atoms with E-state index in [-0.39, 0.29) is 24.0 Å². The molecule has 9 nitrogen and oxygen atoms in total. The van der Waals surface area contributed by atoms with Crippen LogP contribution in [0.25, 0.3) is 6.08 Å². The highest BCUT2D eigenvalue weighted by Crippen LogP contribution is 2.36. The summed E-state index contributed by atoms with van der Waals surface area (Å²) in [5, 5.41) is 0. The molecule has 2 aromatic carbocycles. The number of fused-ring (bicyclic) bond motifs is 2. The lowest BCUT2D eigenvalue weighted by molar-refractivity contribution is -0.152. The van der Waals surface area contributed by atoms with Crippen LogP contribution in [0.15, 0.2) is 60.7 Å². The van der Waals surface area contributed by atoms with E-state index in [4.69, 9.17) is 33.2 Å². The van der Waals surface area contributed by atoms with Crippen LogP contribution >= 0.6 is 0 Å². The summed E-state index contributed by atoms with van der Waals surface area (Å²) in [7, 11) is 3.04. The zero-order valence-corrected chi connectivity index (χ0v) is 24.3. The maximum absolute atomic E-state index is 13.5. The number of esters is 2. The first kappa shape index (κ1) is 30.3.